The lowest BCUT2D eigenvalue weighted by Crippen LogP contribution is -2.47. The maximum atomic E-state index is 13.4. The van der Waals surface area contributed by atoms with Gasteiger partial charge >= 0.3 is 6.18 Å². The van der Waals surface area contributed by atoms with Crippen LogP contribution in [0.2, 0.25) is 0 Å². The van der Waals surface area contributed by atoms with Crippen LogP contribution in [-0.2, 0) is 16.4 Å². The molecule has 0 amide bonds. The van der Waals surface area contributed by atoms with E-state index in [0.717, 1.165) is 38.2 Å². The average molecular weight is 390 g/mol. The Bertz CT molecular complexity index is 730. The van der Waals surface area contributed by atoms with Gasteiger partial charge in [0.25, 0.3) is 10.2 Å². The fraction of sp³-hybridized carbons (Fsp3) is 0.667. The summed E-state index contributed by atoms with van der Waals surface area (Å²) in [6.07, 6.45) is 1.19. The first-order valence-electron chi connectivity index (χ1n) is 9.14. The Balaban J connectivity index is 1.91. The van der Waals surface area contributed by atoms with E-state index in [2.05, 4.69) is 0 Å². The molecule has 3 rings (SSSR count). The standard InChI is InChI=1S/C18H25F3N2O2S/c1-22(14-8-3-2-4-9-14)26(24,25)23-13-7-12-17(23)15-10-5-6-11-16(15)18(19,20)21/h5-6,10-11,14,17H,2-4,7-9,12-13H2,1H3. The maximum absolute atomic E-state index is 13.4. The second-order valence-corrected chi connectivity index (χ2v) is 9.11. The van der Waals surface area contributed by atoms with Gasteiger partial charge in [0.1, 0.15) is 0 Å². The van der Waals surface area contributed by atoms with Gasteiger partial charge in [-0.1, -0.05) is 37.5 Å². The van der Waals surface area contributed by atoms with Crippen molar-refractivity contribution in [1.29, 1.82) is 0 Å². The van der Waals surface area contributed by atoms with Crippen molar-refractivity contribution in [2.24, 2.45) is 0 Å². The molecule has 0 N–H and O–H groups in total. The van der Waals surface area contributed by atoms with Crippen molar-refractivity contribution < 1.29 is 21.6 Å². The van der Waals surface area contributed by atoms with Crippen LogP contribution in [0.3, 0.4) is 0 Å². The molecule has 2 fully saturated rings. The monoisotopic (exact) mass is 390 g/mol. The molecule has 1 aromatic carbocycles. The minimum Gasteiger partial charge on any atom is -0.195 e. The van der Waals surface area contributed by atoms with Crippen LogP contribution in [-0.4, -0.2) is 36.7 Å². The first kappa shape index (κ1) is 19.6. The van der Waals surface area contributed by atoms with Gasteiger partial charge in [-0.2, -0.15) is 30.2 Å². The predicted molar refractivity (Wildman–Crippen MR) is 93.7 cm³/mol. The molecule has 0 spiro atoms. The minimum atomic E-state index is -4.50. The molecule has 146 valence electrons. The van der Waals surface area contributed by atoms with E-state index in [1.165, 1.54) is 20.7 Å². The Kier molecular flexibility index (Phi) is 5.65. The van der Waals surface area contributed by atoms with E-state index >= 15 is 0 Å². The number of alkyl halides is 3. The lowest BCUT2D eigenvalue weighted by atomic mass is 9.96. The van der Waals surface area contributed by atoms with E-state index < -0.39 is 28.0 Å². The van der Waals surface area contributed by atoms with Crippen LogP contribution in [0.15, 0.2) is 24.3 Å². The highest BCUT2D eigenvalue weighted by molar-refractivity contribution is 7.86. The molecule has 1 aliphatic heterocycles. The van der Waals surface area contributed by atoms with E-state index in [9.17, 15) is 21.6 Å². The molecule has 1 aromatic rings. The van der Waals surface area contributed by atoms with E-state index in [4.69, 9.17) is 0 Å². The normalized spacial score (nSPS) is 23.7. The third-order valence-corrected chi connectivity index (χ3v) is 7.63. The maximum Gasteiger partial charge on any atom is 0.416 e. The van der Waals surface area contributed by atoms with E-state index in [1.807, 2.05) is 0 Å². The third kappa shape index (κ3) is 3.77. The molecule has 8 heteroatoms. The van der Waals surface area contributed by atoms with Gasteiger partial charge in [-0.3, -0.25) is 0 Å². The topological polar surface area (TPSA) is 40.6 Å². The van der Waals surface area contributed by atoms with E-state index in [-0.39, 0.29) is 18.2 Å². The molecule has 1 heterocycles. The lowest BCUT2D eigenvalue weighted by Gasteiger charge is -2.35. The van der Waals surface area contributed by atoms with Crippen LogP contribution in [0.5, 0.6) is 0 Å². The lowest BCUT2D eigenvalue weighted by molar-refractivity contribution is -0.138. The SMILES string of the molecule is CN(C1CCCCC1)S(=O)(=O)N1CCCC1c1ccccc1C(F)(F)F. The number of nitrogens with zero attached hydrogens (tertiary/aromatic N) is 2. The molecule has 26 heavy (non-hydrogen) atoms. The van der Waals surface area contributed by atoms with Crippen molar-refractivity contribution in [3.63, 3.8) is 0 Å². The molecule has 0 radical (unpaired) electrons. The second-order valence-electron chi connectivity index (χ2n) is 7.17. The van der Waals surface area contributed by atoms with Gasteiger partial charge < -0.3 is 0 Å². The van der Waals surface area contributed by atoms with Gasteiger partial charge in [0.2, 0.25) is 0 Å². The van der Waals surface area contributed by atoms with Crippen LogP contribution in [0.1, 0.15) is 62.1 Å². The molecular weight excluding hydrogens is 365 g/mol. The molecular formula is C18H25F3N2O2S. The van der Waals surface area contributed by atoms with Crippen molar-refractivity contribution in [1.82, 2.24) is 8.61 Å². The summed E-state index contributed by atoms with van der Waals surface area (Å²) >= 11 is 0. The summed E-state index contributed by atoms with van der Waals surface area (Å²) in [6, 6.07) is 4.50. The van der Waals surface area contributed by atoms with Gasteiger partial charge in [-0.15, -0.1) is 0 Å². The van der Waals surface area contributed by atoms with E-state index in [0.29, 0.717) is 12.8 Å². The van der Waals surface area contributed by atoms with Crippen molar-refractivity contribution in [3.05, 3.63) is 35.4 Å². The predicted octanol–water partition coefficient (Wildman–Crippen LogP) is 4.35. The fourth-order valence-corrected chi connectivity index (χ4v) is 5.99. The van der Waals surface area contributed by atoms with Crippen LogP contribution >= 0.6 is 0 Å². The first-order valence-corrected chi connectivity index (χ1v) is 10.5. The second kappa shape index (κ2) is 7.48. The molecule has 0 bridgehead atoms. The molecule has 4 nitrogen and oxygen atoms in total. The van der Waals surface area contributed by atoms with Gasteiger partial charge in [-0.05, 0) is 37.3 Å². The first-order chi connectivity index (χ1) is 12.2. The van der Waals surface area contributed by atoms with Crippen molar-refractivity contribution >= 4 is 10.2 Å². The number of halogens is 3. The van der Waals surface area contributed by atoms with Gasteiger partial charge in [0, 0.05) is 19.6 Å². The Morgan fingerprint density at radius 3 is 2.35 bits per heavy atom. The Labute approximate surface area is 153 Å². The number of rotatable bonds is 4. The minimum absolute atomic E-state index is 0.0538. The van der Waals surface area contributed by atoms with Crippen LogP contribution in [0, 0.1) is 0 Å². The summed E-state index contributed by atoms with van der Waals surface area (Å²) in [5.74, 6) is 0. The zero-order chi connectivity index (χ0) is 18.9. The molecule has 1 unspecified atom stereocenters. The summed E-state index contributed by atoms with van der Waals surface area (Å²) in [5, 5.41) is 0. The van der Waals surface area contributed by atoms with Gasteiger partial charge in [-0.25, -0.2) is 0 Å². The summed E-state index contributed by atoms with van der Waals surface area (Å²) in [4.78, 5) is 0. The molecule has 1 atom stereocenters. The molecule has 2 aliphatic rings. The van der Waals surface area contributed by atoms with Gasteiger partial charge in [0.15, 0.2) is 0 Å². The molecule has 1 aliphatic carbocycles. The molecule has 1 saturated heterocycles. The Hall–Kier alpha value is -1.12. The molecule has 0 aromatic heterocycles. The van der Waals surface area contributed by atoms with Crippen molar-refractivity contribution in [3.8, 4) is 0 Å². The highest BCUT2D eigenvalue weighted by Gasteiger charge is 2.43. The fourth-order valence-electron chi connectivity index (χ4n) is 4.17. The largest absolute Gasteiger partial charge is 0.416 e. The summed E-state index contributed by atoms with van der Waals surface area (Å²) in [7, 11) is -2.23. The number of hydrogen-bond acceptors (Lipinski definition) is 2. The zero-order valence-electron chi connectivity index (χ0n) is 14.9. The Morgan fingerprint density at radius 2 is 1.69 bits per heavy atom. The summed E-state index contributed by atoms with van der Waals surface area (Å²) in [5.41, 5.74) is -0.689. The smallest absolute Gasteiger partial charge is 0.195 e. The van der Waals surface area contributed by atoms with E-state index in [1.54, 1.807) is 13.1 Å². The quantitative estimate of drug-likeness (QED) is 0.767. The highest BCUT2D eigenvalue weighted by atomic mass is 32.2. The summed E-state index contributed by atoms with van der Waals surface area (Å²) in [6.45, 7) is 0.260. The number of benzene rings is 1. The highest BCUT2D eigenvalue weighted by Crippen LogP contribution is 2.42. The number of hydrogen-bond donors (Lipinski definition) is 0. The average Bonchev–Trinajstić information content (AvgIpc) is 3.11. The van der Waals surface area contributed by atoms with Crippen molar-refractivity contribution in [2.75, 3.05) is 13.6 Å². The molecule has 1 saturated carbocycles. The Morgan fingerprint density at radius 1 is 1.04 bits per heavy atom. The van der Waals surface area contributed by atoms with Crippen LogP contribution < -0.4 is 0 Å². The van der Waals surface area contributed by atoms with Gasteiger partial charge in [0.05, 0.1) is 11.6 Å². The zero-order valence-corrected chi connectivity index (χ0v) is 15.7. The van der Waals surface area contributed by atoms with Crippen molar-refractivity contribution in [2.45, 2.75) is 63.2 Å². The van der Waals surface area contributed by atoms with Crippen LogP contribution in [0.4, 0.5) is 13.2 Å². The summed E-state index contributed by atoms with van der Waals surface area (Å²) < 4.78 is 69.1. The third-order valence-electron chi connectivity index (χ3n) is 5.58. The van der Waals surface area contributed by atoms with Crippen LogP contribution in [0.25, 0.3) is 0 Å².